The Bertz CT molecular complexity index is 415. The van der Waals surface area contributed by atoms with Gasteiger partial charge in [-0.25, -0.2) is 0 Å². The molecule has 1 heterocycles. The summed E-state index contributed by atoms with van der Waals surface area (Å²) in [4.78, 5) is 11.5. The Balaban J connectivity index is 2.72. The molecule has 0 saturated carbocycles. The summed E-state index contributed by atoms with van der Waals surface area (Å²) in [6.07, 6.45) is 0.417. The van der Waals surface area contributed by atoms with Crippen LogP contribution in [-0.4, -0.2) is 28.9 Å². The van der Waals surface area contributed by atoms with Gasteiger partial charge in [0, 0.05) is 13.5 Å². The predicted octanol–water partition coefficient (Wildman–Crippen LogP) is 1.41. The van der Waals surface area contributed by atoms with Crippen LogP contribution in [0.3, 0.4) is 0 Å². The Hall–Kier alpha value is -1.47. The molecule has 1 rings (SSSR count). The predicted molar refractivity (Wildman–Crippen MR) is 72.5 cm³/mol. The Morgan fingerprint density at radius 3 is 2.88 bits per heavy atom. The molecule has 0 aliphatic rings. The van der Waals surface area contributed by atoms with E-state index in [2.05, 4.69) is 15.8 Å². The van der Waals surface area contributed by atoms with Gasteiger partial charge < -0.3 is 10.4 Å². The average Bonchev–Trinajstić information content (AvgIpc) is 2.81. The van der Waals surface area contributed by atoms with Crippen LogP contribution >= 0.6 is 23.6 Å². The van der Waals surface area contributed by atoms with Crippen molar-refractivity contribution in [1.82, 2.24) is 10.7 Å². The Kier molecular flexibility index (Phi) is 5.58. The van der Waals surface area contributed by atoms with Crippen molar-refractivity contribution in [3.8, 4) is 0 Å². The third-order valence-electron chi connectivity index (χ3n) is 1.90. The van der Waals surface area contributed by atoms with Crippen molar-refractivity contribution in [1.29, 1.82) is 0 Å². The molecule has 92 valence electrons. The van der Waals surface area contributed by atoms with E-state index in [1.807, 2.05) is 17.5 Å². The minimum atomic E-state index is -0.842. The number of aliphatic carboxylic acids is 1. The van der Waals surface area contributed by atoms with Crippen LogP contribution < -0.4 is 10.7 Å². The topological polar surface area (TPSA) is 73.7 Å². The number of carbonyl (C=O) groups is 1. The van der Waals surface area contributed by atoms with Crippen LogP contribution in [-0.2, 0) is 4.79 Å². The number of thiocarbonyl (C=S) groups is 1. The van der Waals surface area contributed by atoms with Crippen molar-refractivity contribution in [2.45, 2.75) is 12.8 Å². The number of nitrogens with zero attached hydrogens (tertiary/aromatic N) is 1. The van der Waals surface area contributed by atoms with Crippen molar-refractivity contribution in [3.63, 3.8) is 0 Å². The maximum atomic E-state index is 10.6. The van der Waals surface area contributed by atoms with Gasteiger partial charge in [-0.2, -0.15) is 5.10 Å². The highest BCUT2D eigenvalue weighted by atomic mass is 32.1. The SMILES string of the molecule is CNC(=S)N/N=C(/CCC(=O)O)c1cccs1. The highest BCUT2D eigenvalue weighted by molar-refractivity contribution is 7.80. The molecule has 1 aromatic heterocycles. The fraction of sp³-hybridized carbons (Fsp3) is 0.300. The number of hydrogen-bond acceptors (Lipinski definition) is 4. The monoisotopic (exact) mass is 271 g/mol. The van der Waals surface area contributed by atoms with E-state index < -0.39 is 5.97 Å². The van der Waals surface area contributed by atoms with E-state index in [0.717, 1.165) is 4.88 Å². The highest BCUT2D eigenvalue weighted by Crippen LogP contribution is 2.13. The summed E-state index contributed by atoms with van der Waals surface area (Å²) >= 11 is 6.41. The number of rotatable bonds is 5. The zero-order valence-electron chi connectivity index (χ0n) is 9.27. The minimum Gasteiger partial charge on any atom is -0.481 e. The van der Waals surface area contributed by atoms with Gasteiger partial charge in [-0.05, 0) is 23.7 Å². The van der Waals surface area contributed by atoms with E-state index in [1.54, 1.807) is 7.05 Å². The molecule has 17 heavy (non-hydrogen) atoms. The minimum absolute atomic E-state index is 0.0464. The van der Waals surface area contributed by atoms with Crippen molar-refractivity contribution in [2.24, 2.45) is 5.10 Å². The van der Waals surface area contributed by atoms with E-state index >= 15 is 0 Å². The Morgan fingerprint density at radius 1 is 1.59 bits per heavy atom. The third kappa shape index (κ3) is 4.92. The molecule has 0 aliphatic carbocycles. The molecule has 7 heteroatoms. The Labute approximate surface area is 109 Å². The first kappa shape index (κ1) is 13.6. The summed E-state index contributed by atoms with van der Waals surface area (Å²) in [5.74, 6) is -0.842. The van der Waals surface area contributed by atoms with Gasteiger partial charge in [-0.15, -0.1) is 11.3 Å². The first-order valence-corrected chi connectivity index (χ1v) is 6.22. The standard InChI is InChI=1S/C10H13N3O2S2/c1-11-10(16)13-12-7(4-5-9(14)15)8-3-2-6-17-8/h2-3,6H,4-5H2,1H3,(H,14,15)(H2,11,13,16)/b12-7-. The summed E-state index contributed by atoms with van der Waals surface area (Å²) in [5.41, 5.74) is 3.36. The molecule has 0 aliphatic heterocycles. The lowest BCUT2D eigenvalue weighted by atomic mass is 10.2. The van der Waals surface area contributed by atoms with Gasteiger partial charge >= 0.3 is 5.97 Å². The lowest BCUT2D eigenvalue weighted by molar-refractivity contribution is -0.136. The van der Waals surface area contributed by atoms with Crippen LogP contribution in [0.5, 0.6) is 0 Å². The lowest BCUT2D eigenvalue weighted by Gasteiger charge is -2.05. The summed E-state index contributed by atoms with van der Waals surface area (Å²) in [7, 11) is 1.69. The van der Waals surface area contributed by atoms with Crippen LogP contribution in [0.1, 0.15) is 17.7 Å². The van der Waals surface area contributed by atoms with Gasteiger partial charge in [0.05, 0.1) is 17.0 Å². The summed E-state index contributed by atoms with van der Waals surface area (Å²) in [6.45, 7) is 0. The molecule has 0 saturated heterocycles. The molecule has 0 aromatic carbocycles. The van der Waals surface area contributed by atoms with E-state index in [-0.39, 0.29) is 6.42 Å². The number of nitrogens with one attached hydrogen (secondary N) is 2. The number of hydrogen-bond donors (Lipinski definition) is 3. The second kappa shape index (κ2) is 6.97. The molecule has 1 aromatic rings. The van der Waals surface area contributed by atoms with Crippen molar-refractivity contribution < 1.29 is 9.90 Å². The lowest BCUT2D eigenvalue weighted by Crippen LogP contribution is -2.29. The van der Waals surface area contributed by atoms with Gasteiger partial charge in [0.1, 0.15) is 0 Å². The summed E-state index contributed by atoms with van der Waals surface area (Å²) < 4.78 is 0. The number of hydrazone groups is 1. The second-order valence-corrected chi connectivity index (χ2v) is 4.48. The molecule has 0 fully saturated rings. The fourth-order valence-corrected chi connectivity index (χ4v) is 1.87. The Morgan fingerprint density at radius 2 is 2.35 bits per heavy atom. The van der Waals surface area contributed by atoms with Crippen LogP contribution in [0.25, 0.3) is 0 Å². The normalized spacial score (nSPS) is 11.0. The molecular formula is C10H13N3O2S2. The van der Waals surface area contributed by atoms with Crippen LogP contribution in [0, 0.1) is 0 Å². The number of carboxylic acids is 1. The molecule has 0 radical (unpaired) electrons. The zero-order chi connectivity index (χ0) is 12.7. The number of thiophene rings is 1. The van der Waals surface area contributed by atoms with Crippen molar-refractivity contribution in [2.75, 3.05) is 7.05 Å². The van der Waals surface area contributed by atoms with Crippen molar-refractivity contribution in [3.05, 3.63) is 22.4 Å². The molecule has 0 bridgehead atoms. The van der Waals surface area contributed by atoms with Gasteiger partial charge in [0.2, 0.25) is 0 Å². The zero-order valence-corrected chi connectivity index (χ0v) is 10.9. The molecule has 5 nitrogen and oxygen atoms in total. The molecule has 0 spiro atoms. The highest BCUT2D eigenvalue weighted by Gasteiger charge is 2.08. The quantitative estimate of drug-likeness (QED) is 0.429. The van der Waals surface area contributed by atoms with Gasteiger partial charge in [-0.1, -0.05) is 6.07 Å². The maximum Gasteiger partial charge on any atom is 0.303 e. The van der Waals surface area contributed by atoms with E-state index in [0.29, 0.717) is 17.2 Å². The fourth-order valence-electron chi connectivity index (χ4n) is 1.08. The molecule has 3 N–H and O–H groups in total. The number of carboxylic acid groups (broad SMARTS) is 1. The summed E-state index contributed by atoms with van der Waals surface area (Å²) in [6, 6.07) is 3.79. The van der Waals surface area contributed by atoms with Gasteiger partial charge in [0.25, 0.3) is 0 Å². The van der Waals surface area contributed by atoms with E-state index in [4.69, 9.17) is 17.3 Å². The van der Waals surface area contributed by atoms with Crippen molar-refractivity contribution >= 4 is 40.3 Å². The smallest absolute Gasteiger partial charge is 0.303 e. The molecular weight excluding hydrogens is 258 g/mol. The van der Waals surface area contributed by atoms with Crippen LogP contribution in [0.4, 0.5) is 0 Å². The average molecular weight is 271 g/mol. The summed E-state index contributed by atoms with van der Waals surface area (Å²) in [5, 5.41) is 17.8. The molecule has 0 amide bonds. The third-order valence-corrected chi connectivity index (χ3v) is 3.12. The van der Waals surface area contributed by atoms with E-state index in [9.17, 15) is 4.79 Å². The first-order chi connectivity index (χ1) is 8.13. The molecule has 0 unspecified atom stereocenters. The van der Waals surface area contributed by atoms with Gasteiger partial charge in [0.15, 0.2) is 5.11 Å². The second-order valence-electron chi connectivity index (χ2n) is 3.12. The van der Waals surface area contributed by atoms with Gasteiger partial charge in [-0.3, -0.25) is 10.2 Å². The van der Waals surface area contributed by atoms with Crippen LogP contribution in [0.15, 0.2) is 22.6 Å². The largest absolute Gasteiger partial charge is 0.481 e. The maximum absolute atomic E-state index is 10.6. The van der Waals surface area contributed by atoms with E-state index in [1.165, 1.54) is 11.3 Å². The first-order valence-electron chi connectivity index (χ1n) is 4.93. The molecule has 0 atom stereocenters. The van der Waals surface area contributed by atoms with Crippen LogP contribution in [0.2, 0.25) is 0 Å².